The maximum atomic E-state index is 4.56. The van der Waals surface area contributed by atoms with E-state index in [0.29, 0.717) is 5.92 Å². The van der Waals surface area contributed by atoms with Gasteiger partial charge in [0.2, 0.25) is 0 Å². The van der Waals surface area contributed by atoms with E-state index in [1.165, 1.54) is 44.5 Å². The third-order valence-corrected chi connectivity index (χ3v) is 5.38. The van der Waals surface area contributed by atoms with Crippen molar-refractivity contribution in [2.24, 2.45) is 7.05 Å². The summed E-state index contributed by atoms with van der Waals surface area (Å²) in [4.78, 5) is 9.06. The number of nitrogens with zero attached hydrogens (tertiary/aromatic N) is 6. The molecule has 0 radical (unpaired) electrons. The predicted molar refractivity (Wildman–Crippen MR) is 93.9 cm³/mol. The molecule has 6 nitrogen and oxygen atoms in total. The Morgan fingerprint density at radius 1 is 1.04 bits per heavy atom. The number of hydrogen-bond acceptors (Lipinski definition) is 5. The lowest BCUT2D eigenvalue weighted by Crippen LogP contribution is -2.35. The number of anilines is 1. The van der Waals surface area contributed by atoms with E-state index in [1.807, 2.05) is 12.4 Å². The fraction of sp³-hybridized carbons (Fsp3) is 0.611. The molecule has 0 N–H and O–H groups in total. The molecule has 2 aromatic heterocycles. The van der Waals surface area contributed by atoms with Crippen molar-refractivity contribution >= 4 is 5.69 Å². The van der Waals surface area contributed by atoms with Gasteiger partial charge in [0.1, 0.15) is 11.6 Å². The van der Waals surface area contributed by atoms with Crippen LogP contribution in [0, 0.1) is 0 Å². The van der Waals surface area contributed by atoms with Crippen molar-refractivity contribution in [1.29, 1.82) is 0 Å². The van der Waals surface area contributed by atoms with Gasteiger partial charge in [-0.05, 0) is 50.9 Å². The fourth-order valence-corrected chi connectivity index (χ4v) is 3.99. The maximum Gasteiger partial charge on any atom is 0.146 e. The van der Waals surface area contributed by atoms with Gasteiger partial charge in [-0.25, -0.2) is 0 Å². The van der Waals surface area contributed by atoms with E-state index >= 15 is 0 Å². The summed E-state index contributed by atoms with van der Waals surface area (Å²) in [6, 6.07) is 4.19. The van der Waals surface area contributed by atoms with Gasteiger partial charge in [0.25, 0.3) is 0 Å². The van der Waals surface area contributed by atoms with Crippen molar-refractivity contribution < 1.29 is 0 Å². The number of aromatic nitrogens is 4. The van der Waals surface area contributed by atoms with Crippen molar-refractivity contribution in [1.82, 2.24) is 24.6 Å². The molecule has 4 heterocycles. The van der Waals surface area contributed by atoms with E-state index < -0.39 is 0 Å². The smallest absolute Gasteiger partial charge is 0.146 e. The van der Waals surface area contributed by atoms with Crippen LogP contribution in [0.15, 0.2) is 24.5 Å². The van der Waals surface area contributed by atoms with Gasteiger partial charge in [0.15, 0.2) is 0 Å². The Hall–Kier alpha value is -1.95. The van der Waals surface area contributed by atoms with Gasteiger partial charge in [-0.15, -0.1) is 10.2 Å². The molecule has 6 heteroatoms. The second-order valence-corrected chi connectivity index (χ2v) is 7.01. The Balaban J connectivity index is 1.48. The standard InChI is InChI=1S/C18H26N6/c1-22-17(14-23-10-2-3-11-23)20-21-18(22)15-5-4-12-24(13-15)16-6-8-19-9-7-16/h6-9,15H,2-5,10-14H2,1H3. The first-order valence-corrected chi connectivity index (χ1v) is 9.07. The van der Waals surface area contributed by atoms with E-state index in [-0.39, 0.29) is 0 Å². The highest BCUT2D eigenvalue weighted by atomic mass is 15.3. The van der Waals surface area contributed by atoms with Crippen LogP contribution < -0.4 is 4.90 Å². The lowest BCUT2D eigenvalue weighted by molar-refractivity contribution is 0.317. The quantitative estimate of drug-likeness (QED) is 0.862. The first-order valence-electron chi connectivity index (χ1n) is 9.07. The van der Waals surface area contributed by atoms with Crippen LogP contribution in [-0.2, 0) is 13.6 Å². The van der Waals surface area contributed by atoms with E-state index in [1.54, 1.807) is 0 Å². The van der Waals surface area contributed by atoms with Crippen molar-refractivity contribution in [3.63, 3.8) is 0 Å². The molecule has 1 unspecified atom stereocenters. The topological polar surface area (TPSA) is 50.1 Å². The summed E-state index contributed by atoms with van der Waals surface area (Å²) in [6.45, 7) is 5.45. The molecule has 0 aromatic carbocycles. The highest BCUT2D eigenvalue weighted by Gasteiger charge is 2.26. The molecule has 2 aromatic rings. The van der Waals surface area contributed by atoms with Crippen LogP contribution >= 0.6 is 0 Å². The fourth-order valence-electron chi connectivity index (χ4n) is 3.99. The summed E-state index contributed by atoms with van der Waals surface area (Å²) in [7, 11) is 2.13. The highest BCUT2D eigenvalue weighted by Crippen LogP contribution is 2.29. The Bertz CT molecular complexity index is 661. The van der Waals surface area contributed by atoms with E-state index in [4.69, 9.17) is 0 Å². The third-order valence-electron chi connectivity index (χ3n) is 5.38. The molecule has 0 spiro atoms. The molecule has 24 heavy (non-hydrogen) atoms. The molecule has 0 aliphatic carbocycles. The zero-order valence-corrected chi connectivity index (χ0v) is 14.4. The van der Waals surface area contributed by atoms with Crippen molar-refractivity contribution in [2.45, 2.75) is 38.1 Å². The minimum atomic E-state index is 0.455. The maximum absolute atomic E-state index is 4.56. The Morgan fingerprint density at radius 3 is 2.62 bits per heavy atom. The highest BCUT2D eigenvalue weighted by molar-refractivity contribution is 5.45. The predicted octanol–water partition coefficient (Wildman–Crippen LogP) is 2.19. The Morgan fingerprint density at radius 2 is 1.83 bits per heavy atom. The van der Waals surface area contributed by atoms with Crippen LogP contribution in [0.4, 0.5) is 5.69 Å². The number of piperidine rings is 1. The average molecular weight is 326 g/mol. The van der Waals surface area contributed by atoms with Gasteiger partial charge >= 0.3 is 0 Å². The van der Waals surface area contributed by atoms with Gasteiger partial charge in [0, 0.05) is 44.1 Å². The average Bonchev–Trinajstić information content (AvgIpc) is 3.27. The van der Waals surface area contributed by atoms with Gasteiger partial charge in [0.05, 0.1) is 6.54 Å². The lowest BCUT2D eigenvalue weighted by Gasteiger charge is -2.33. The van der Waals surface area contributed by atoms with Crippen LogP contribution in [0.1, 0.15) is 43.3 Å². The Kier molecular flexibility index (Phi) is 4.47. The van der Waals surface area contributed by atoms with Gasteiger partial charge in [-0.1, -0.05) is 0 Å². The van der Waals surface area contributed by atoms with Gasteiger partial charge in [-0.3, -0.25) is 9.88 Å². The van der Waals surface area contributed by atoms with Crippen LogP contribution in [0.3, 0.4) is 0 Å². The first-order chi connectivity index (χ1) is 11.8. The van der Waals surface area contributed by atoms with Crippen LogP contribution in [-0.4, -0.2) is 50.8 Å². The third kappa shape index (κ3) is 3.15. The number of hydrogen-bond donors (Lipinski definition) is 0. The number of pyridine rings is 1. The number of likely N-dealkylation sites (tertiary alicyclic amines) is 1. The monoisotopic (exact) mass is 326 g/mol. The SMILES string of the molecule is Cn1c(CN2CCCC2)nnc1C1CCCN(c2ccncc2)C1. The normalized spacial score (nSPS) is 22.2. The second kappa shape index (κ2) is 6.89. The summed E-state index contributed by atoms with van der Waals surface area (Å²) < 4.78 is 2.24. The molecule has 0 bridgehead atoms. The van der Waals surface area contributed by atoms with Crippen LogP contribution in [0.5, 0.6) is 0 Å². The summed E-state index contributed by atoms with van der Waals surface area (Å²) in [5.74, 6) is 2.70. The molecule has 4 rings (SSSR count). The molecule has 2 aliphatic heterocycles. The summed E-state index contributed by atoms with van der Waals surface area (Å²) >= 11 is 0. The minimum Gasteiger partial charge on any atom is -0.371 e. The largest absolute Gasteiger partial charge is 0.371 e. The lowest BCUT2D eigenvalue weighted by atomic mass is 9.96. The van der Waals surface area contributed by atoms with Crippen LogP contribution in [0.2, 0.25) is 0 Å². The minimum absolute atomic E-state index is 0.455. The summed E-state index contributed by atoms with van der Waals surface area (Å²) in [5, 5.41) is 9.05. The van der Waals surface area contributed by atoms with E-state index in [0.717, 1.165) is 31.3 Å². The summed E-state index contributed by atoms with van der Waals surface area (Å²) in [6.07, 6.45) is 8.76. The molecule has 2 saturated heterocycles. The number of rotatable bonds is 4. The Labute approximate surface area is 143 Å². The first kappa shape index (κ1) is 15.6. The molecule has 1 atom stereocenters. The molecule has 2 aliphatic rings. The molecule has 128 valence electrons. The van der Waals surface area contributed by atoms with Crippen molar-refractivity contribution in [3.8, 4) is 0 Å². The zero-order valence-electron chi connectivity index (χ0n) is 14.4. The van der Waals surface area contributed by atoms with Crippen LogP contribution in [0.25, 0.3) is 0 Å². The zero-order chi connectivity index (χ0) is 16.4. The molecule has 2 fully saturated rings. The van der Waals surface area contributed by atoms with E-state index in [9.17, 15) is 0 Å². The van der Waals surface area contributed by atoms with E-state index in [2.05, 4.69) is 48.7 Å². The molecular weight excluding hydrogens is 300 g/mol. The van der Waals surface area contributed by atoms with Gasteiger partial charge < -0.3 is 9.47 Å². The second-order valence-electron chi connectivity index (χ2n) is 7.01. The summed E-state index contributed by atoms with van der Waals surface area (Å²) in [5.41, 5.74) is 1.26. The van der Waals surface area contributed by atoms with Crippen molar-refractivity contribution in [2.75, 3.05) is 31.1 Å². The molecule has 0 saturated carbocycles. The molecule has 0 amide bonds. The van der Waals surface area contributed by atoms with Gasteiger partial charge in [-0.2, -0.15) is 0 Å². The molecular formula is C18H26N6. The van der Waals surface area contributed by atoms with Crippen molar-refractivity contribution in [3.05, 3.63) is 36.2 Å².